The topological polar surface area (TPSA) is 117 Å². The van der Waals surface area contributed by atoms with Crippen LogP contribution in [0.1, 0.15) is 6.42 Å². The second-order valence-electron chi connectivity index (χ2n) is 6.60. The quantitative estimate of drug-likeness (QED) is 0.415. The van der Waals surface area contributed by atoms with Crippen molar-refractivity contribution in [2.24, 2.45) is 0 Å². The number of pyridine rings is 1. The maximum atomic E-state index is 12.4. The van der Waals surface area contributed by atoms with Crippen LogP contribution in [0.25, 0.3) is 10.9 Å². The van der Waals surface area contributed by atoms with Crippen LogP contribution in [0.5, 0.6) is 0 Å². The van der Waals surface area contributed by atoms with Crippen LogP contribution in [-0.4, -0.2) is 41.2 Å². The van der Waals surface area contributed by atoms with Gasteiger partial charge in [-0.3, -0.25) is 9.71 Å². The van der Waals surface area contributed by atoms with Gasteiger partial charge in [0.2, 0.25) is 20.0 Å². The smallest absolute Gasteiger partial charge is 0.240 e. The number of hydrogen-bond acceptors (Lipinski definition) is 6. The minimum absolute atomic E-state index is 0.0616. The Morgan fingerprint density at radius 1 is 0.967 bits per heavy atom. The van der Waals surface area contributed by atoms with Crippen molar-refractivity contribution >= 4 is 53.9 Å². The number of sulfonamides is 2. The maximum Gasteiger partial charge on any atom is 0.240 e. The van der Waals surface area contributed by atoms with E-state index in [1.807, 2.05) is 12.1 Å². The Morgan fingerprint density at radius 2 is 1.70 bits per heavy atom. The molecule has 8 nitrogen and oxygen atoms in total. The molecule has 0 saturated heterocycles. The summed E-state index contributed by atoms with van der Waals surface area (Å²) in [5.74, 6) is 0. The third-order valence-corrected chi connectivity index (χ3v) is 6.45. The van der Waals surface area contributed by atoms with E-state index in [0.29, 0.717) is 23.7 Å². The van der Waals surface area contributed by atoms with Crippen LogP contribution in [0.15, 0.2) is 59.6 Å². The second-order valence-corrected chi connectivity index (χ2v) is 10.5. The maximum absolute atomic E-state index is 12.4. The normalized spacial score (nSPS) is 12.1. The van der Waals surface area contributed by atoms with Crippen molar-refractivity contribution < 1.29 is 16.8 Å². The van der Waals surface area contributed by atoms with Crippen LogP contribution in [0, 0.1) is 0 Å². The standard InChI is InChI=1S/C19H21ClN4O4S2/c1-29(25,26)24-15-4-6-16(7-5-15)30(27,28)23-11-2-10-21-18-9-12-22-19-13-14(20)3-8-17(18)19/h3-9,12-13,23-24H,2,10-11H2,1H3,(H,21,22). The van der Waals surface area contributed by atoms with Gasteiger partial charge in [-0.2, -0.15) is 0 Å². The Labute approximate surface area is 180 Å². The van der Waals surface area contributed by atoms with Gasteiger partial charge in [0.15, 0.2) is 0 Å². The van der Waals surface area contributed by atoms with Crippen molar-refractivity contribution in [1.29, 1.82) is 0 Å². The van der Waals surface area contributed by atoms with E-state index in [4.69, 9.17) is 11.6 Å². The van der Waals surface area contributed by atoms with Gasteiger partial charge < -0.3 is 5.32 Å². The molecule has 11 heteroatoms. The van der Waals surface area contributed by atoms with Gasteiger partial charge in [-0.15, -0.1) is 0 Å². The van der Waals surface area contributed by atoms with Gasteiger partial charge in [0, 0.05) is 41.1 Å². The summed E-state index contributed by atoms with van der Waals surface area (Å²) in [6, 6.07) is 12.8. The number of aromatic nitrogens is 1. The first-order chi connectivity index (χ1) is 14.1. The second kappa shape index (κ2) is 9.17. The number of nitrogens with one attached hydrogen (secondary N) is 3. The molecule has 1 aromatic heterocycles. The molecule has 2 aromatic carbocycles. The van der Waals surface area contributed by atoms with E-state index in [9.17, 15) is 16.8 Å². The zero-order chi connectivity index (χ0) is 21.8. The van der Waals surface area contributed by atoms with Gasteiger partial charge in [-0.05, 0) is 55.0 Å². The van der Waals surface area contributed by atoms with E-state index < -0.39 is 20.0 Å². The largest absolute Gasteiger partial charge is 0.384 e. The number of anilines is 2. The fourth-order valence-electron chi connectivity index (χ4n) is 2.79. The van der Waals surface area contributed by atoms with Gasteiger partial charge in [0.25, 0.3) is 0 Å². The Hall–Kier alpha value is -2.40. The predicted molar refractivity (Wildman–Crippen MR) is 120 cm³/mol. The first kappa shape index (κ1) is 22.3. The molecule has 0 amide bonds. The molecule has 0 atom stereocenters. The van der Waals surface area contributed by atoms with Crippen molar-refractivity contribution in [3.05, 3.63) is 59.8 Å². The molecule has 3 rings (SSSR count). The minimum atomic E-state index is -3.68. The summed E-state index contributed by atoms with van der Waals surface area (Å²) in [4.78, 5) is 4.35. The third kappa shape index (κ3) is 6.05. The summed E-state index contributed by atoms with van der Waals surface area (Å²) < 4.78 is 52.0. The Bertz CT molecular complexity index is 1250. The van der Waals surface area contributed by atoms with Gasteiger partial charge in [0.1, 0.15) is 0 Å². The highest BCUT2D eigenvalue weighted by Crippen LogP contribution is 2.24. The molecule has 0 aliphatic heterocycles. The molecule has 1 heterocycles. The average Bonchev–Trinajstić information content (AvgIpc) is 2.66. The zero-order valence-electron chi connectivity index (χ0n) is 16.1. The monoisotopic (exact) mass is 468 g/mol. The summed E-state index contributed by atoms with van der Waals surface area (Å²) in [7, 11) is -7.10. The Kier molecular flexibility index (Phi) is 6.81. The highest BCUT2D eigenvalue weighted by Gasteiger charge is 2.13. The van der Waals surface area contributed by atoms with Crippen LogP contribution in [-0.2, 0) is 20.0 Å². The number of halogens is 1. The fourth-order valence-corrected chi connectivity index (χ4v) is 4.60. The molecule has 0 bridgehead atoms. The summed E-state index contributed by atoms with van der Waals surface area (Å²) in [5, 5.41) is 4.83. The van der Waals surface area contributed by atoms with Crippen LogP contribution in [0.4, 0.5) is 11.4 Å². The van der Waals surface area contributed by atoms with E-state index in [1.54, 1.807) is 18.3 Å². The summed E-state index contributed by atoms with van der Waals surface area (Å²) in [5.41, 5.74) is 1.97. The number of rotatable bonds is 9. The Balaban J connectivity index is 1.53. The molecule has 160 valence electrons. The molecular formula is C19H21ClN4O4S2. The molecular weight excluding hydrogens is 448 g/mol. The summed E-state index contributed by atoms with van der Waals surface area (Å²) >= 11 is 5.99. The summed E-state index contributed by atoms with van der Waals surface area (Å²) in [6.07, 6.45) is 3.27. The first-order valence-electron chi connectivity index (χ1n) is 9.00. The van der Waals surface area contributed by atoms with E-state index in [2.05, 4.69) is 19.7 Å². The van der Waals surface area contributed by atoms with Crippen LogP contribution in [0.3, 0.4) is 0 Å². The lowest BCUT2D eigenvalue weighted by Gasteiger charge is -2.11. The zero-order valence-corrected chi connectivity index (χ0v) is 18.5. The van der Waals surface area contributed by atoms with Crippen molar-refractivity contribution in [1.82, 2.24) is 9.71 Å². The van der Waals surface area contributed by atoms with Gasteiger partial charge >= 0.3 is 0 Å². The first-order valence-corrected chi connectivity index (χ1v) is 12.7. The van der Waals surface area contributed by atoms with Crippen molar-refractivity contribution in [3.63, 3.8) is 0 Å². The molecule has 0 radical (unpaired) electrons. The lowest BCUT2D eigenvalue weighted by Crippen LogP contribution is -2.26. The number of nitrogens with zero attached hydrogens (tertiary/aromatic N) is 1. The van der Waals surface area contributed by atoms with Crippen LogP contribution in [0.2, 0.25) is 5.02 Å². The highest BCUT2D eigenvalue weighted by atomic mass is 35.5. The fraction of sp³-hybridized carbons (Fsp3) is 0.211. The van der Waals surface area contributed by atoms with Gasteiger partial charge in [-0.25, -0.2) is 21.6 Å². The van der Waals surface area contributed by atoms with Crippen molar-refractivity contribution in [2.75, 3.05) is 29.4 Å². The average molecular weight is 469 g/mol. The lowest BCUT2D eigenvalue weighted by atomic mass is 10.2. The minimum Gasteiger partial charge on any atom is -0.384 e. The molecule has 0 aliphatic carbocycles. The third-order valence-electron chi connectivity index (χ3n) is 4.13. The van der Waals surface area contributed by atoms with E-state index in [-0.39, 0.29) is 11.4 Å². The van der Waals surface area contributed by atoms with Gasteiger partial charge in [-0.1, -0.05) is 11.6 Å². The molecule has 3 N–H and O–H groups in total. The van der Waals surface area contributed by atoms with Gasteiger partial charge in [0.05, 0.1) is 16.7 Å². The van der Waals surface area contributed by atoms with E-state index in [1.165, 1.54) is 24.3 Å². The van der Waals surface area contributed by atoms with Crippen molar-refractivity contribution in [2.45, 2.75) is 11.3 Å². The molecule has 0 fully saturated rings. The number of hydrogen-bond donors (Lipinski definition) is 3. The molecule has 30 heavy (non-hydrogen) atoms. The molecule has 0 spiro atoms. The van der Waals surface area contributed by atoms with Crippen LogP contribution >= 0.6 is 11.6 Å². The highest BCUT2D eigenvalue weighted by molar-refractivity contribution is 7.92. The number of fused-ring (bicyclic) bond motifs is 1. The molecule has 0 aliphatic rings. The number of benzene rings is 2. The van der Waals surface area contributed by atoms with E-state index in [0.717, 1.165) is 22.8 Å². The lowest BCUT2D eigenvalue weighted by molar-refractivity contribution is 0.580. The van der Waals surface area contributed by atoms with Crippen LogP contribution < -0.4 is 14.8 Å². The molecule has 3 aromatic rings. The SMILES string of the molecule is CS(=O)(=O)Nc1ccc(S(=O)(=O)NCCCNc2ccnc3cc(Cl)ccc23)cc1. The summed E-state index contributed by atoms with van der Waals surface area (Å²) in [6.45, 7) is 0.801. The van der Waals surface area contributed by atoms with Crippen molar-refractivity contribution in [3.8, 4) is 0 Å². The van der Waals surface area contributed by atoms with E-state index >= 15 is 0 Å². The predicted octanol–water partition coefficient (Wildman–Crippen LogP) is 3.04. The Morgan fingerprint density at radius 3 is 2.40 bits per heavy atom. The molecule has 0 saturated carbocycles. The molecule has 0 unspecified atom stereocenters.